The molecule has 1 aliphatic carbocycles. The van der Waals surface area contributed by atoms with Crippen LogP contribution >= 0.6 is 0 Å². The molecule has 0 radical (unpaired) electrons. The third-order valence-electron chi connectivity index (χ3n) is 5.53. The van der Waals surface area contributed by atoms with E-state index in [1.165, 1.54) is 55.4 Å². The van der Waals surface area contributed by atoms with Crippen molar-refractivity contribution >= 4 is 17.9 Å². The monoisotopic (exact) mass is 396 g/mol. The van der Waals surface area contributed by atoms with Crippen LogP contribution in [0.3, 0.4) is 0 Å². The highest BCUT2D eigenvalue weighted by atomic mass is 16.5. The molecule has 4 rings (SSSR count). The second-order valence-corrected chi connectivity index (χ2v) is 7.64. The van der Waals surface area contributed by atoms with Gasteiger partial charge in [-0.25, -0.2) is 0 Å². The maximum absolute atomic E-state index is 9.76. The number of anilines is 1. The van der Waals surface area contributed by atoms with Gasteiger partial charge in [0.2, 0.25) is 0 Å². The molecule has 1 aliphatic heterocycles. The number of ether oxygens (including phenoxy) is 1. The first-order valence-electron chi connectivity index (χ1n) is 10.5. The second-order valence-electron chi connectivity index (χ2n) is 7.64. The molecule has 0 bridgehead atoms. The van der Waals surface area contributed by atoms with Crippen molar-refractivity contribution < 1.29 is 9.53 Å². The summed E-state index contributed by atoms with van der Waals surface area (Å²) in [6.07, 6.45) is 11.0. The van der Waals surface area contributed by atoms with Crippen LogP contribution in [-0.4, -0.2) is 22.8 Å². The molecule has 1 saturated heterocycles. The van der Waals surface area contributed by atoms with Crippen LogP contribution in [0.1, 0.15) is 67.8 Å². The summed E-state index contributed by atoms with van der Waals surface area (Å²) >= 11 is 0. The lowest BCUT2D eigenvalue weighted by Crippen LogP contribution is -2.28. The largest absolute Gasteiger partial charge is 0.463 e. The summed E-state index contributed by atoms with van der Waals surface area (Å²) < 4.78 is 6.38. The number of carbonyl (C=O) groups is 1. The van der Waals surface area contributed by atoms with E-state index in [4.69, 9.17) is 10.8 Å². The van der Waals surface area contributed by atoms with Crippen LogP contribution in [0.2, 0.25) is 0 Å². The normalized spacial score (nSPS) is 18.9. The van der Waals surface area contributed by atoms with Crippen molar-refractivity contribution in [2.24, 2.45) is 7.05 Å². The van der Waals surface area contributed by atoms with Gasteiger partial charge in [0.15, 0.2) is 0 Å². The SMILES string of the molecule is Cn1nc(C2CCCCN2)c(C2=CCCCC2)c1N.O=COCc1ccccc1. The molecular formula is C23H32N4O2. The van der Waals surface area contributed by atoms with Crippen molar-refractivity contribution in [3.63, 3.8) is 0 Å². The first-order chi connectivity index (χ1) is 14.2. The van der Waals surface area contributed by atoms with Crippen LogP contribution in [0.4, 0.5) is 5.82 Å². The van der Waals surface area contributed by atoms with Gasteiger partial charge in [-0.2, -0.15) is 5.10 Å². The molecule has 0 spiro atoms. The number of nitrogen functional groups attached to an aromatic ring is 1. The van der Waals surface area contributed by atoms with E-state index < -0.39 is 0 Å². The summed E-state index contributed by atoms with van der Waals surface area (Å²) in [6, 6.07) is 9.93. The zero-order valence-corrected chi connectivity index (χ0v) is 17.3. The fourth-order valence-electron chi connectivity index (χ4n) is 3.99. The van der Waals surface area contributed by atoms with Gasteiger partial charge in [0, 0.05) is 12.6 Å². The Morgan fingerprint density at radius 2 is 2.07 bits per heavy atom. The quantitative estimate of drug-likeness (QED) is 0.743. The van der Waals surface area contributed by atoms with Crippen molar-refractivity contribution in [3.8, 4) is 0 Å². The number of aryl methyl sites for hydroxylation is 1. The van der Waals surface area contributed by atoms with Crippen LogP contribution in [0.25, 0.3) is 5.57 Å². The first-order valence-corrected chi connectivity index (χ1v) is 10.5. The van der Waals surface area contributed by atoms with Gasteiger partial charge < -0.3 is 15.8 Å². The molecule has 6 nitrogen and oxygen atoms in total. The standard InChI is InChI=1S/C15H24N4.C8H8O2/c1-19-15(16)13(11-7-3-2-4-8-11)14(18-19)12-9-5-6-10-17-12;9-7-10-6-8-4-2-1-3-5-8/h7,12,17H,2-6,8-10,16H2,1H3;1-5,7H,6H2. The van der Waals surface area contributed by atoms with E-state index in [2.05, 4.69) is 16.1 Å². The highest BCUT2D eigenvalue weighted by Gasteiger charge is 2.26. The number of hydrogen-bond acceptors (Lipinski definition) is 5. The molecule has 1 unspecified atom stereocenters. The lowest BCUT2D eigenvalue weighted by Gasteiger charge is -2.24. The Labute approximate surface area is 173 Å². The molecule has 0 saturated carbocycles. The molecule has 3 N–H and O–H groups in total. The molecule has 2 aliphatic rings. The van der Waals surface area contributed by atoms with Crippen LogP contribution < -0.4 is 11.1 Å². The molecule has 1 aromatic carbocycles. The fourth-order valence-corrected chi connectivity index (χ4v) is 3.99. The van der Waals surface area contributed by atoms with Gasteiger partial charge in [0.05, 0.1) is 11.7 Å². The summed E-state index contributed by atoms with van der Waals surface area (Å²) in [4.78, 5) is 9.76. The summed E-state index contributed by atoms with van der Waals surface area (Å²) in [5.41, 5.74) is 11.1. The Balaban J connectivity index is 0.000000204. The van der Waals surface area contributed by atoms with E-state index in [1.807, 2.05) is 42.1 Å². The van der Waals surface area contributed by atoms with Crippen molar-refractivity contribution in [1.82, 2.24) is 15.1 Å². The minimum Gasteiger partial charge on any atom is -0.463 e. The van der Waals surface area contributed by atoms with Gasteiger partial charge in [-0.05, 0) is 56.2 Å². The Kier molecular flexibility index (Phi) is 7.87. The number of nitrogens with zero attached hydrogens (tertiary/aromatic N) is 2. The minimum atomic E-state index is 0.365. The van der Waals surface area contributed by atoms with E-state index in [0.29, 0.717) is 19.1 Å². The molecule has 156 valence electrons. The van der Waals surface area contributed by atoms with E-state index in [-0.39, 0.29) is 0 Å². The summed E-state index contributed by atoms with van der Waals surface area (Å²) in [6.45, 7) is 1.91. The van der Waals surface area contributed by atoms with E-state index in [0.717, 1.165) is 24.3 Å². The van der Waals surface area contributed by atoms with Gasteiger partial charge in [-0.15, -0.1) is 0 Å². The van der Waals surface area contributed by atoms with Crippen LogP contribution in [-0.2, 0) is 23.2 Å². The smallest absolute Gasteiger partial charge is 0.293 e. The molecule has 1 atom stereocenters. The summed E-state index contributed by atoms with van der Waals surface area (Å²) in [5.74, 6) is 0.829. The third kappa shape index (κ3) is 5.70. The zero-order valence-electron chi connectivity index (χ0n) is 17.3. The van der Waals surface area contributed by atoms with Crippen LogP contribution in [0.5, 0.6) is 0 Å². The molecule has 0 amide bonds. The van der Waals surface area contributed by atoms with Crippen molar-refractivity contribution in [2.45, 2.75) is 57.6 Å². The highest BCUT2D eigenvalue weighted by molar-refractivity contribution is 5.76. The number of nitrogens with one attached hydrogen (secondary N) is 1. The Morgan fingerprint density at radius 3 is 2.72 bits per heavy atom. The second kappa shape index (κ2) is 10.8. The number of hydrogen-bond donors (Lipinski definition) is 2. The minimum absolute atomic E-state index is 0.365. The fraction of sp³-hybridized carbons (Fsp3) is 0.478. The summed E-state index contributed by atoms with van der Waals surface area (Å²) in [7, 11) is 1.95. The third-order valence-corrected chi connectivity index (χ3v) is 5.53. The number of nitrogens with two attached hydrogens (primary N) is 1. The number of benzene rings is 1. The molecule has 2 aromatic rings. The zero-order chi connectivity index (χ0) is 20.5. The van der Waals surface area contributed by atoms with Crippen molar-refractivity contribution in [3.05, 3.63) is 53.2 Å². The van der Waals surface area contributed by atoms with Crippen molar-refractivity contribution in [1.29, 1.82) is 0 Å². The average molecular weight is 397 g/mol. The van der Waals surface area contributed by atoms with E-state index in [1.54, 1.807) is 0 Å². The molecule has 29 heavy (non-hydrogen) atoms. The lowest BCUT2D eigenvalue weighted by molar-refractivity contribution is -0.129. The molecule has 1 aromatic heterocycles. The average Bonchev–Trinajstić information content (AvgIpc) is 3.09. The van der Waals surface area contributed by atoms with E-state index >= 15 is 0 Å². The Bertz CT molecular complexity index is 808. The van der Waals surface area contributed by atoms with Gasteiger partial charge in [0.25, 0.3) is 6.47 Å². The van der Waals surface area contributed by atoms with Crippen LogP contribution in [0, 0.1) is 0 Å². The maximum atomic E-state index is 9.76. The van der Waals surface area contributed by atoms with Gasteiger partial charge in [0.1, 0.15) is 12.4 Å². The topological polar surface area (TPSA) is 82.2 Å². The number of aromatic nitrogens is 2. The Hall–Kier alpha value is -2.60. The molecular weight excluding hydrogens is 364 g/mol. The van der Waals surface area contributed by atoms with E-state index in [9.17, 15) is 4.79 Å². The highest BCUT2D eigenvalue weighted by Crippen LogP contribution is 2.36. The predicted octanol–water partition coefficient (Wildman–Crippen LogP) is 4.13. The van der Waals surface area contributed by atoms with Gasteiger partial charge in [-0.3, -0.25) is 9.48 Å². The number of allylic oxidation sites excluding steroid dienone is 2. The predicted molar refractivity (Wildman–Crippen MR) is 116 cm³/mol. The van der Waals surface area contributed by atoms with Gasteiger partial charge >= 0.3 is 0 Å². The number of rotatable bonds is 5. The van der Waals surface area contributed by atoms with Gasteiger partial charge in [-0.1, -0.05) is 42.8 Å². The lowest BCUT2D eigenvalue weighted by atomic mass is 9.90. The van der Waals surface area contributed by atoms with Crippen LogP contribution in [0.15, 0.2) is 36.4 Å². The Morgan fingerprint density at radius 1 is 1.24 bits per heavy atom. The molecule has 6 heteroatoms. The summed E-state index contributed by atoms with van der Waals surface area (Å²) in [5, 5.41) is 8.29. The number of piperidine rings is 1. The molecule has 2 heterocycles. The number of carbonyl (C=O) groups excluding carboxylic acids is 1. The maximum Gasteiger partial charge on any atom is 0.293 e. The first kappa shape index (κ1) is 21.1. The molecule has 1 fully saturated rings. The van der Waals surface area contributed by atoms with Crippen molar-refractivity contribution in [2.75, 3.05) is 12.3 Å².